The predicted octanol–water partition coefficient (Wildman–Crippen LogP) is 3.45. The molecule has 2 unspecified atom stereocenters. The van der Waals surface area contributed by atoms with E-state index in [-0.39, 0.29) is 6.54 Å². The standard InChI is InChI=1S/C16H19F2NOS/c17-12-7-11(8-13(18)9-12)15(10-19)16(20)5-1-3-14-4-2-6-21-14/h2,4,6-9,15-16,20H,1,3,5,10,19H2. The maximum absolute atomic E-state index is 13.3. The molecule has 1 aromatic carbocycles. The van der Waals surface area contributed by atoms with Gasteiger partial charge in [0, 0.05) is 23.4 Å². The summed E-state index contributed by atoms with van der Waals surface area (Å²) in [4.78, 5) is 1.27. The van der Waals surface area contributed by atoms with Gasteiger partial charge in [0.25, 0.3) is 0 Å². The number of aliphatic hydroxyl groups is 1. The molecule has 21 heavy (non-hydrogen) atoms. The van der Waals surface area contributed by atoms with Crippen molar-refractivity contribution in [3.63, 3.8) is 0 Å². The Kier molecular flexibility index (Phi) is 5.85. The Labute approximate surface area is 127 Å². The van der Waals surface area contributed by atoms with Gasteiger partial charge in [0.1, 0.15) is 11.6 Å². The van der Waals surface area contributed by atoms with Crippen molar-refractivity contribution in [2.45, 2.75) is 31.3 Å². The van der Waals surface area contributed by atoms with Crippen molar-refractivity contribution in [2.24, 2.45) is 5.73 Å². The van der Waals surface area contributed by atoms with Crippen molar-refractivity contribution >= 4 is 11.3 Å². The van der Waals surface area contributed by atoms with Crippen LogP contribution in [0.1, 0.15) is 29.2 Å². The van der Waals surface area contributed by atoms with Crippen LogP contribution in [-0.2, 0) is 6.42 Å². The van der Waals surface area contributed by atoms with E-state index in [1.807, 2.05) is 11.4 Å². The Hall–Kier alpha value is -1.30. The number of hydrogen-bond acceptors (Lipinski definition) is 3. The van der Waals surface area contributed by atoms with E-state index in [9.17, 15) is 13.9 Å². The number of aliphatic hydroxyl groups excluding tert-OH is 1. The summed E-state index contributed by atoms with van der Waals surface area (Å²) in [6, 6.07) is 7.35. The second-order valence-corrected chi connectivity index (χ2v) is 6.12. The van der Waals surface area contributed by atoms with Crippen molar-refractivity contribution in [1.82, 2.24) is 0 Å². The van der Waals surface area contributed by atoms with Crippen molar-refractivity contribution in [3.8, 4) is 0 Å². The molecule has 2 nitrogen and oxygen atoms in total. The van der Waals surface area contributed by atoms with Gasteiger partial charge in [-0.1, -0.05) is 6.07 Å². The van der Waals surface area contributed by atoms with Gasteiger partial charge in [0.2, 0.25) is 0 Å². The lowest BCUT2D eigenvalue weighted by molar-refractivity contribution is 0.133. The van der Waals surface area contributed by atoms with E-state index in [1.54, 1.807) is 11.3 Å². The fraction of sp³-hybridized carbons (Fsp3) is 0.375. The van der Waals surface area contributed by atoms with Crippen LogP contribution in [0, 0.1) is 11.6 Å². The van der Waals surface area contributed by atoms with Crippen LogP contribution in [0.2, 0.25) is 0 Å². The molecule has 2 rings (SSSR count). The molecule has 0 amide bonds. The molecule has 5 heteroatoms. The third-order valence-corrected chi connectivity index (χ3v) is 4.47. The van der Waals surface area contributed by atoms with Gasteiger partial charge in [-0.25, -0.2) is 8.78 Å². The lowest BCUT2D eigenvalue weighted by Crippen LogP contribution is -2.26. The predicted molar refractivity (Wildman–Crippen MR) is 81.4 cm³/mol. The maximum Gasteiger partial charge on any atom is 0.126 e. The molecule has 3 N–H and O–H groups in total. The third-order valence-electron chi connectivity index (χ3n) is 3.53. The second-order valence-electron chi connectivity index (χ2n) is 5.08. The summed E-state index contributed by atoms with van der Waals surface area (Å²) >= 11 is 1.68. The average Bonchev–Trinajstić information content (AvgIpc) is 2.91. The normalized spacial score (nSPS) is 14.1. The van der Waals surface area contributed by atoms with Crippen LogP contribution in [0.3, 0.4) is 0 Å². The highest BCUT2D eigenvalue weighted by molar-refractivity contribution is 7.09. The minimum Gasteiger partial charge on any atom is -0.392 e. The zero-order valence-electron chi connectivity index (χ0n) is 11.6. The zero-order valence-corrected chi connectivity index (χ0v) is 12.5. The molecule has 0 spiro atoms. The lowest BCUT2D eigenvalue weighted by Gasteiger charge is -2.22. The molecule has 0 fully saturated rings. The van der Waals surface area contributed by atoms with E-state index in [0.717, 1.165) is 18.9 Å². The number of halogens is 2. The van der Waals surface area contributed by atoms with Crippen LogP contribution in [0.25, 0.3) is 0 Å². The molecule has 0 radical (unpaired) electrons. The topological polar surface area (TPSA) is 46.2 Å². The van der Waals surface area contributed by atoms with Crippen molar-refractivity contribution < 1.29 is 13.9 Å². The van der Waals surface area contributed by atoms with Crippen LogP contribution in [-0.4, -0.2) is 17.8 Å². The Bertz CT molecular complexity index is 539. The van der Waals surface area contributed by atoms with Gasteiger partial charge in [-0.2, -0.15) is 0 Å². The van der Waals surface area contributed by atoms with Crippen LogP contribution in [0.15, 0.2) is 35.7 Å². The van der Waals surface area contributed by atoms with Crippen LogP contribution >= 0.6 is 11.3 Å². The molecule has 0 aliphatic heterocycles. The Morgan fingerprint density at radius 1 is 1.19 bits per heavy atom. The molecule has 114 valence electrons. The first-order valence-corrected chi connectivity index (χ1v) is 7.84. The van der Waals surface area contributed by atoms with Gasteiger partial charge in [-0.05, 0) is 48.4 Å². The first-order valence-electron chi connectivity index (χ1n) is 6.96. The van der Waals surface area contributed by atoms with Crippen molar-refractivity contribution in [2.75, 3.05) is 6.54 Å². The van der Waals surface area contributed by atoms with E-state index in [1.165, 1.54) is 17.0 Å². The molecule has 1 heterocycles. The number of benzene rings is 1. The van der Waals surface area contributed by atoms with Gasteiger partial charge in [0.05, 0.1) is 6.10 Å². The molecule has 2 atom stereocenters. The molecule has 0 aliphatic carbocycles. The molecule has 0 bridgehead atoms. The summed E-state index contributed by atoms with van der Waals surface area (Å²) in [5, 5.41) is 12.3. The maximum atomic E-state index is 13.3. The third kappa shape index (κ3) is 4.59. The van der Waals surface area contributed by atoms with Gasteiger partial charge in [0.15, 0.2) is 0 Å². The summed E-state index contributed by atoms with van der Waals surface area (Å²) < 4.78 is 26.5. The Morgan fingerprint density at radius 3 is 2.48 bits per heavy atom. The van der Waals surface area contributed by atoms with Gasteiger partial charge in [-0.3, -0.25) is 0 Å². The second kappa shape index (κ2) is 7.64. The van der Waals surface area contributed by atoms with Crippen LogP contribution in [0.4, 0.5) is 8.78 Å². The van der Waals surface area contributed by atoms with Gasteiger partial charge < -0.3 is 10.8 Å². The molecule has 0 saturated heterocycles. The summed E-state index contributed by atoms with van der Waals surface area (Å²) in [6.45, 7) is 0.156. The minimum atomic E-state index is -0.698. The summed E-state index contributed by atoms with van der Waals surface area (Å²) in [5.74, 6) is -1.73. The number of thiophene rings is 1. The highest BCUT2D eigenvalue weighted by atomic mass is 32.1. The van der Waals surface area contributed by atoms with Crippen LogP contribution < -0.4 is 5.73 Å². The smallest absolute Gasteiger partial charge is 0.126 e. The zero-order chi connectivity index (χ0) is 15.2. The van der Waals surface area contributed by atoms with E-state index in [4.69, 9.17) is 5.73 Å². The van der Waals surface area contributed by atoms with Crippen molar-refractivity contribution in [1.29, 1.82) is 0 Å². The molecular formula is C16H19F2NOS. The minimum absolute atomic E-state index is 0.156. The Morgan fingerprint density at radius 2 is 1.90 bits per heavy atom. The highest BCUT2D eigenvalue weighted by Gasteiger charge is 2.20. The fourth-order valence-electron chi connectivity index (χ4n) is 2.45. The Balaban J connectivity index is 1.95. The number of hydrogen-bond donors (Lipinski definition) is 2. The molecule has 2 aromatic rings. The first kappa shape index (κ1) is 16.1. The number of nitrogens with two attached hydrogens (primary N) is 1. The fourth-order valence-corrected chi connectivity index (χ4v) is 3.20. The number of rotatable bonds is 7. The van der Waals surface area contributed by atoms with E-state index in [0.29, 0.717) is 12.0 Å². The van der Waals surface area contributed by atoms with Gasteiger partial charge in [-0.15, -0.1) is 11.3 Å². The first-order chi connectivity index (χ1) is 10.1. The summed E-state index contributed by atoms with van der Waals surface area (Å²) in [6.07, 6.45) is 1.56. The van der Waals surface area contributed by atoms with Gasteiger partial charge >= 0.3 is 0 Å². The van der Waals surface area contributed by atoms with Crippen molar-refractivity contribution in [3.05, 3.63) is 57.8 Å². The average molecular weight is 311 g/mol. The highest BCUT2D eigenvalue weighted by Crippen LogP contribution is 2.24. The largest absolute Gasteiger partial charge is 0.392 e. The molecule has 0 aliphatic rings. The quantitative estimate of drug-likeness (QED) is 0.822. The SMILES string of the molecule is NCC(c1cc(F)cc(F)c1)C(O)CCCc1cccs1. The van der Waals surface area contributed by atoms with E-state index < -0.39 is 23.7 Å². The molecule has 0 saturated carbocycles. The lowest BCUT2D eigenvalue weighted by atomic mass is 9.90. The summed E-state index contributed by atoms with van der Waals surface area (Å²) in [5.41, 5.74) is 6.08. The van der Waals surface area contributed by atoms with Crippen LogP contribution in [0.5, 0.6) is 0 Å². The molecular weight excluding hydrogens is 292 g/mol. The van der Waals surface area contributed by atoms with E-state index >= 15 is 0 Å². The van der Waals surface area contributed by atoms with E-state index in [2.05, 4.69) is 6.07 Å². The summed E-state index contributed by atoms with van der Waals surface area (Å²) in [7, 11) is 0. The number of aryl methyl sites for hydroxylation is 1. The molecule has 1 aromatic heterocycles. The monoisotopic (exact) mass is 311 g/mol.